The van der Waals surface area contributed by atoms with Crippen molar-refractivity contribution in [2.75, 3.05) is 6.61 Å². The summed E-state index contributed by atoms with van der Waals surface area (Å²) < 4.78 is 24.2. The topological polar surface area (TPSA) is 139 Å². The largest absolute Gasteiger partial charge is 0.469 e. The first kappa shape index (κ1) is 15.5. The molecule has 0 aliphatic heterocycles. The molecule has 0 fully saturated rings. The minimum Gasteiger partial charge on any atom is -0.463 e. The number of rotatable bonds is 6. The molecule has 0 aliphatic carbocycles. The van der Waals surface area contributed by atoms with E-state index in [1.165, 1.54) is 12.3 Å². The summed E-state index contributed by atoms with van der Waals surface area (Å²) >= 11 is 0. The Balaban J connectivity index is 1.78. The maximum absolute atomic E-state index is 11.6. The standard InChI is InChI=1S/C11H12NO8P/c13-10(2-1-4-19-21(15,16)17)20-11(14)8-6-9-7(12-8)3-5-18-9/h3,5-6,12H,1-2,4H2,(H2,15,16,17). The van der Waals surface area contributed by atoms with Crippen LogP contribution in [0, 0.1) is 0 Å². The van der Waals surface area contributed by atoms with Crippen LogP contribution in [0.1, 0.15) is 23.3 Å². The van der Waals surface area contributed by atoms with Crippen LogP contribution < -0.4 is 0 Å². The molecule has 0 aliphatic rings. The van der Waals surface area contributed by atoms with Gasteiger partial charge in [-0.15, -0.1) is 0 Å². The fourth-order valence-corrected chi connectivity index (χ4v) is 1.93. The van der Waals surface area contributed by atoms with E-state index in [4.69, 9.17) is 14.2 Å². The number of phosphoric ester groups is 1. The van der Waals surface area contributed by atoms with Crippen LogP contribution in [-0.2, 0) is 18.6 Å². The smallest absolute Gasteiger partial charge is 0.463 e. The van der Waals surface area contributed by atoms with Gasteiger partial charge in [-0.2, -0.15) is 0 Å². The van der Waals surface area contributed by atoms with Gasteiger partial charge in [-0.3, -0.25) is 9.32 Å². The number of esters is 2. The number of hydrogen-bond acceptors (Lipinski definition) is 6. The van der Waals surface area contributed by atoms with Crippen LogP contribution in [0.3, 0.4) is 0 Å². The summed E-state index contributed by atoms with van der Waals surface area (Å²) in [5, 5.41) is 0. The van der Waals surface area contributed by atoms with Gasteiger partial charge in [0.2, 0.25) is 0 Å². The summed E-state index contributed by atoms with van der Waals surface area (Å²) in [6.07, 6.45) is 1.26. The third-order valence-corrected chi connectivity index (χ3v) is 2.97. The maximum atomic E-state index is 11.6. The van der Waals surface area contributed by atoms with Gasteiger partial charge in [0.05, 0.1) is 18.4 Å². The average Bonchev–Trinajstić information content (AvgIpc) is 2.93. The molecule has 0 saturated carbocycles. The van der Waals surface area contributed by atoms with Gasteiger partial charge in [-0.25, -0.2) is 9.36 Å². The second-order valence-electron chi connectivity index (χ2n) is 4.07. The SMILES string of the molecule is O=C(CCCOP(=O)(O)O)OC(=O)c1cc2occc2[nH]1. The Morgan fingerprint density at radius 2 is 2.14 bits per heavy atom. The first-order valence-electron chi connectivity index (χ1n) is 5.86. The lowest BCUT2D eigenvalue weighted by Gasteiger charge is -2.04. The van der Waals surface area contributed by atoms with Crippen molar-refractivity contribution in [2.45, 2.75) is 12.8 Å². The highest BCUT2D eigenvalue weighted by atomic mass is 31.2. The van der Waals surface area contributed by atoms with Gasteiger partial charge in [0.1, 0.15) is 5.69 Å². The van der Waals surface area contributed by atoms with Crippen LogP contribution >= 0.6 is 7.82 Å². The summed E-state index contributed by atoms with van der Waals surface area (Å²) in [5.74, 6) is -1.68. The van der Waals surface area contributed by atoms with Crippen LogP contribution in [-0.4, -0.2) is 33.3 Å². The molecule has 2 heterocycles. The summed E-state index contributed by atoms with van der Waals surface area (Å²) in [5.41, 5.74) is 1.14. The Morgan fingerprint density at radius 3 is 2.81 bits per heavy atom. The van der Waals surface area contributed by atoms with E-state index < -0.39 is 19.8 Å². The Labute approximate surface area is 118 Å². The molecule has 0 aromatic carbocycles. The first-order chi connectivity index (χ1) is 9.85. The lowest BCUT2D eigenvalue weighted by Crippen LogP contribution is -2.13. The van der Waals surface area contributed by atoms with Crippen molar-refractivity contribution in [2.24, 2.45) is 0 Å². The van der Waals surface area contributed by atoms with Gasteiger partial charge in [0.25, 0.3) is 0 Å². The Bertz CT molecular complexity index is 667. The molecule has 0 atom stereocenters. The van der Waals surface area contributed by atoms with Gasteiger partial charge < -0.3 is 23.9 Å². The molecule has 114 valence electrons. The minimum atomic E-state index is -4.55. The molecule has 0 unspecified atom stereocenters. The van der Waals surface area contributed by atoms with E-state index in [2.05, 4.69) is 14.2 Å². The van der Waals surface area contributed by atoms with Crippen LogP contribution in [0.25, 0.3) is 11.1 Å². The summed E-state index contributed by atoms with van der Waals surface area (Å²) in [4.78, 5) is 42.6. The molecule has 2 aromatic heterocycles. The Morgan fingerprint density at radius 1 is 1.38 bits per heavy atom. The molecule has 0 saturated heterocycles. The highest BCUT2D eigenvalue weighted by Gasteiger charge is 2.17. The van der Waals surface area contributed by atoms with Crippen LogP contribution in [0.2, 0.25) is 0 Å². The van der Waals surface area contributed by atoms with Gasteiger partial charge in [0.15, 0.2) is 5.58 Å². The zero-order chi connectivity index (χ0) is 15.5. The number of carbonyl (C=O) groups is 2. The normalized spacial score (nSPS) is 11.7. The maximum Gasteiger partial charge on any atom is 0.469 e. The van der Waals surface area contributed by atoms with E-state index >= 15 is 0 Å². The van der Waals surface area contributed by atoms with Crippen molar-refractivity contribution in [3.8, 4) is 0 Å². The van der Waals surface area contributed by atoms with Crippen LogP contribution in [0.15, 0.2) is 22.8 Å². The molecule has 0 bridgehead atoms. The van der Waals surface area contributed by atoms with E-state index in [0.717, 1.165) is 0 Å². The van der Waals surface area contributed by atoms with E-state index in [-0.39, 0.29) is 25.1 Å². The van der Waals surface area contributed by atoms with Crippen molar-refractivity contribution in [3.63, 3.8) is 0 Å². The third-order valence-electron chi connectivity index (χ3n) is 2.45. The fraction of sp³-hybridized carbons (Fsp3) is 0.273. The molecule has 21 heavy (non-hydrogen) atoms. The highest BCUT2D eigenvalue weighted by molar-refractivity contribution is 7.46. The number of H-pyrrole nitrogens is 1. The zero-order valence-electron chi connectivity index (χ0n) is 10.6. The molecule has 0 spiro atoms. The lowest BCUT2D eigenvalue weighted by atomic mass is 10.3. The number of furan rings is 1. The van der Waals surface area contributed by atoms with E-state index in [1.807, 2.05) is 0 Å². The summed E-state index contributed by atoms with van der Waals surface area (Å²) in [6, 6.07) is 3.02. The molecule has 0 amide bonds. The minimum absolute atomic E-state index is 0.0182. The Kier molecular flexibility index (Phi) is 4.59. The molecular weight excluding hydrogens is 305 g/mol. The summed E-state index contributed by atoms with van der Waals surface area (Å²) in [6.45, 7) is -0.316. The second kappa shape index (κ2) is 6.23. The predicted octanol–water partition coefficient (Wildman–Crippen LogP) is 1.33. The fourth-order valence-electron chi connectivity index (χ4n) is 1.57. The molecule has 10 heteroatoms. The molecule has 2 aromatic rings. The number of nitrogens with one attached hydrogen (secondary N) is 1. The summed E-state index contributed by atoms with van der Waals surface area (Å²) in [7, 11) is -4.55. The van der Waals surface area contributed by atoms with E-state index in [9.17, 15) is 14.2 Å². The zero-order valence-corrected chi connectivity index (χ0v) is 11.5. The number of aromatic nitrogens is 1. The van der Waals surface area contributed by atoms with Gasteiger partial charge in [0, 0.05) is 18.6 Å². The predicted molar refractivity (Wildman–Crippen MR) is 68.2 cm³/mol. The molecule has 2 rings (SSSR count). The number of hydrogen-bond donors (Lipinski definition) is 3. The number of aromatic amines is 1. The molecule has 3 N–H and O–H groups in total. The van der Waals surface area contributed by atoms with E-state index in [1.54, 1.807) is 6.07 Å². The molecule has 9 nitrogen and oxygen atoms in total. The lowest BCUT2D eigenvalue weighted by molar-refractivity contribution is -0.138. The van der Waals surface area contributed by atoms with Crippen LogP contribution in [0.5, 0.6) is 0 Å². The van der Waals surface area contributed by atoms with Crippen molar-refractivity contribution < 1.29 is 37.6 Å². The second-order valence-corrected chi connectivity index (χ2v) is 5.31. The molecule has 0 radical (unpaired) electrons. The quantitative estimate of drug-likeness (QED) is 0.314. The van der Waals surface area contributed by atoms with Crippen LogP contribution in [0.4, 0.5) is 0 Å². The first-order valence-corrected chi connectivity index (χ1v) is 7.39. The third kappa shape index (κ3) is 4.54. The van der Waals surface area contributed by atoms with Crippen molar-refractivity contribution in [1.82, 2.24) is 4.98 Å². The molecular formula is C11H12NO8P. The van der Waals surface area contributed by atoms with Gasteiger partial charge in [-0.1, -0.05) is 0 Å². The van der Waals surface area contributed by atoms with Gasteiger partial charge >= 0.3 is 19.8 Å². The number of carbonyl (C=O) groups excluding carboxylic acids is 2. The number of phosphoric acid groups is 1. The number of fused-ring (bicyclic) bond motifs is 1. The van der Waals surface area contributed by atoms with Gasteiger partial charge in [-0.05, 0) is 6.42 Å². The van der Waals surface area contributed by atoms with Crippen molar-refractivity contribution in [3.05, 3.63) is 24.1 Å². The Hall–Kier alpha value is -1.93. The highest BCUT2D eigenvalue weighted by Crippen LogP contribution is 2.35. The van der Waals surface area contributed by atoms with Crippen molar-refractivity contribution >= 4 is 30.9 Å². The average molecular weight is 317 g/mol. The number of ether oxygens (including phenoxy) is 1. The monoisotopic (exact) mass is 317 g/mol. The van der Waals surface area contributed by atoms with E-state index in [0.29, 0.717) is 11.1 Å². The van der Waals surface area contributed by atoms with Crippen molar-refractivity contribution in [1.29, 1.82) is 0 Å².